The highest BCUT2D eigenvalue weighted by Gasteiger charge is 2.36. The minimum Gasteiger partial charge on any atom is -0.493 e. The van der Waals surface area contributed by atoms with Gasteiger partial charge in [-0.15, -0.1) is 5.10 Å². The zero-order chi connectivity index (χ0) is 27.2. The average molecular weight is 536 g/mol. The van der Waals surface area contributed by atoms with Crippen molar-refractivity contribution in [2.24, 2.45) is 0 Å². The van der Waals surface area contributed by atoms with Gasteiger partial charge in [0, 0.05) is 19.2 Å². The van der Waals surface area contributed by atoms with E-state index in [2.05, 4.69) is 15.6 Å². The molecule has 2 atom stereocenters. The largest absolute Gasteiger partial charge is 0.493 e. The third kappa shape index (κ3) is 6.16. The van der Waals surface area contributed by atoms with Crippen LogP contribution in [-0.2, 0) is 20.9 Å². The van der Waals surface area contributed by atoms with Gasteiger partial charge in [-0.1, -0.05) is 42.7 Å². The molecule has 1 saturated heterocycles. The van der Waals surface area contributed by atoms with Crippen LogP contribution in [0.25, 0.3) is 11.0 Å². The van der Waals surface area contributed by atoms with Crippen molar-refractivity contribution in [3.63, 3.8) is 0 Å². The minimum absolute atomic E-state index is 0.0479. The van der Waals surface area contributed by atoms with E-state index in [0.29, 0.717) is 35.7 Å². The fourth-order valence-corrected chi connectivity index (χ4v) is 5.63. The summed E-state index contributed by atoms with van der Waals surface area (Å²) < 4.78 is 18.5. The van der Waals surface area contributed by atoms with Crippen molar-refractivity contribution in [3.8, 4) is 11.5 Å². The number of aromatic nitrogens is 3. The molecule has 208 valence electrons. The van der Waals surface area contributed by atoms with Gasteiger partial charge in [0.05, 0.1) is 25.8 Å². The van der Waals surface area contributed by atoms with Crippen molar-refractivity contribution in [3.05, 3.63) is 48.0 Å². The molecule has 0 radical (unpaired) electrons. The fourth-order valence-electron chi connectivity index (χ4n) is 5.63. The molecule has 10 nitrogen and oxygen atoms in total. The maximum Gasteiger partial charge on any atom is 0.247 e. The van der Waals surface area contributed by atoms with Crippen molar-refractivity contribution in [2.75, 3.05) is 27.4 Å². The lowest BCUT2D eigenvalue weighted by atomic mass is 9.94. The number of hydrogen-bond acceptors (Lipinski definition) is 7. The van der Waals surface area contributed by atoms with Gasteiger partial charge in [-0.25, -0.2) is 4.68 Å². The standard InChI is InChI=1S/C29H37N5O5/c1-37-25-15-14-20(17-26(25)38-2)28(29(36)30-21-9-4-3-5-10-21)33(18-22-11-8-16-39-22)27(35)19-34-24-13-7-6-12-23(24)31-32-34/h6-7,12-15,17,21-22,28H,3-5,8-11,16,18-19H2,1-2H3,(H,30,36)/t22-,28-/m0/s1. The average Bonchev–Trinajstić information content (AvgIpc) is 3.63. The Labute approximate surface area is 228 Å². The molecular weight excluding hydrogens is 498 g/mol. The van der Waals surface area contributed by atoms with Crippen LogP contribution in [0.5, 0.6) is 11.5 Å². The van der Waals surface area contributed by atoms with Crippen molar-refractivity contribution >= 4 is 22.8 Å². The van der Waals surface area contributed by atoms with E-state index in [1.807, 2.05) is 30.3 Å². The van der Waals surface area contributed by atoms with Crippen molar-refractivity contribution in [2.45, 2.75) is 69.7 Å². The summed E-state index contributed by atoms with van der Waals surface area (Å²) in [7, 11) is 3.13. The molecule has 1 saturated carbocycles. The number of hydrogen-bond donors (Lipinski definition) is 1. The van der Waals surface area contributed by atoms with Crippen LogP contribution in [0.2, 0.25) is 0 Å². The summed E-state index contributed by atoms with van der Waals surface area (Å²) in [5.41, 5.74) is 2.12. The maximum atomic E-state index is 14.1. The number of carbonyl (C=O) groups is 2. The maximum absolute atomic E-state index is 14.1. The second-order valence-electron chi connectivity index (χ2n) is 10.3. The van der Waals surface area contributed by atoms with E-state index >= 15 is 0 Å². The fraction of sp³-hybridized carbons (Fsp3) is 0.517. The molecule has 10 heteroatoms. The first-order chi connectivity index (χ1) is 19.1. The van der Waals surface area contributed by atoms with Crippen LogP contribution in [0.4, 0.5) is 0 Å². The van der Waals surface area contributed by atoms with Gasteiger partial charge >= 0.3 is 0 Å². The number of ether oxygens (including phenoxy) is 3. The number of nitrogens with one attached hydrogen (secondary N) is 1. The number of para-hydroxylation sites is 1. The van der Waals surface area contributed by atoms with Crippen molar-refractivity contribution in [1.82, 2.24) is 25.2 Å². The van der Waals surface area contributed by atoms with Crippen LogP contribution in [0.3, 0.4) is 0 Å². The van der Waals surface area contributed by atoms with E-state index in [1.54, 1.807) is 35.9 Å². The van der Waals surface area contributed by atoms with Gasteiger partial charge in [-0.2, -0.15) is 0 Å². The molecule has 5 rings (SSSR count). The first-order valence-corrected chi connectivity index (χ1v) is 13.8. The van der Waals surface area contributed by atoms with E-state index in [0.717, 1.165) is 44.0 Å². The summed E-state index contributed by atoms with van der Waals surface area (Å²) in [6, 6.07) is 12.1. The first-order valence-electron chi connectivity index (χ1n) is 13.8. The van der Waals surface area contributed by atoms with Gasteiger partial charge in [0.1, 0.15) is 18.1 Å². The van der Waals surface area contributed by atoms with E-state index in [1.165, 1.54) is 6.42 Å². The quantitative estimate of drug-likeness (QED) is 0.422. The van der Waals surface area contributed by atoms with Crippen LogP contribution in [0.1, 0.15) is 56.6 Å². The zero-order valence-electron chi connectivity index (χ0n) is 22.7. The number of benzene rings is 2. The lowest BCUT2D eigenvalue weighted by Crippen LogP contribution is -2.50. The Kier molecular flexibility index (Phi) is 8.61. The molecule has 3 aromatic rings. The van der Waals surface area contributed by atoms with Crippen LogP contribution < -0.4 is 14.8 Å². The van der Waals surface area contributed by atoms with Crippen LogP contribution >= 0.6 is 0 Å². The third-order valence-corrected chi connectivity index (χ3v) is 7.68. The SMILES string of the molecule is COc1ccc([C@@H](C(=O)NC2CCCCC2)N(C[C@@H]2CCCO2)C(=O)Cn2nnc3ccccc32)cc1OC. The molecule has 0 bridgehead atoms. The Balaban J connectivity index is 1.51. The molecule has 2 amide bonds. The molecule has 1 aliphatic carbocycles. The number of amides is 2. The predicted molar refractivity (Wildman–Crippen MR) is 146 cm³/mol. The van der Waals surface area contributed by atoms with Gasteiger partial charge in [0.25, 0.3) is 0 Å². The van der Waals surface area contributed by atoms with Gasteiger partial charge in [-0.05, 0) is 55.5 Å². The smallest absolute Gasteiger partial charge is 0.247 e. The van der Waals surface area contributed by atoms with Gasteiger partial charge in [0.2, 0.25) is 11.8 Å². The monoisotopic (exact) mass is 535 g/mol. The molecular formula is C29H37N5O5. The number of nitrogens with zero attached hydrogens (tertiary/aromatic N) is 4. The number of carbonyl (C=O) groups excluding carboxylic acids is 2. The lowest BCUT2D eigenvalue weighted by molar-refractivity contribution is -0.143. The number of methoxy groups -OCH3 is 2. The Morgan fingerprint density at radius 3 is 2.59 bits per heavy atom. The molecule has 2 fully saturated rings. The van der Waals surface area contributed by atoms with Crippen molar-refractivity contribution < 1.29 is 23.8 Å². The molecule has 0 spiro atoms. The Bertz CT molecular complexity index is 1280. The predicted octanol–water partition coefficient (Wildman–Crippen LogP) is 3.65. The summed E-state index contributed by atoms with van der Waals surface area (Å²) in [5, 5.41) is 11.7. The second kappa shape index (κ2) is 12.5. The Morgan fingerprint density at radius 2 is 1.85 bits per heavy atom. The third-order valence-electron chi connectivity index (χ3n) is 7.68. The lowest BCUT2D eigenvalue weighted by Gasteiger charge is -2.35. The molecule has 1 aliphatic heterocycles. The Morgan fingerprint density at radius 1 is 1.05 bits per heavy atom. The molecule has 39 heavy (non-hydrogen) atoms. The van der Waals surface area contributed by atoms with Crippen molar-refractivity contribution in [1.29, 1.82) is 0 Å². The molecule has 1 aromatic heterocycles. The summed E-state index contributed by atoms with van der Waals surface area (Å²) in [6.45, 7) is 0.895. The van der Waals surface area contributed by atoms with E-state index in [4.69, 9.17) is 14.2 Å². The van der Waals surface area contributed by atoms with Crippen LogP contribution in [0, 0.1) is 0 Å². The van der Waals surface area contributed by atoms with Crippen LogP contribution in [-0.4, -0.2) is 71.2 Å². The normalized spacial score (nSPS) is 18.6. The first kappa shape index (κ1) is 26.9. The summed E-state index contributed by atoms with van der Waals surface area (Å²) in [5.74, 6) is 0.611. The molecule has 0 unspecified atom stereocenters. The summed E-state index contributed by atoms with van der Waals surface area (Å²) in [6.07, 6.45) is 6.85. The molecule has 1 N–H and O–H groups in total. The van der Waals surface area contributed by atoms with Gasteiger partial charge in [-0.3, -0.25) is 9.59 Å². The van der Waals surface area contributed by atoms with Gasteiger partial charge < -0.3 is 24.4 Å². The highest BCUT2D eigenvalue weighted by Crippen LogP contribution is 2.33. The zero-order valence-corrected chi connectivity index (χ0v) is 22.7. The van der Waals surface area contributed by atoms with Crippen LogP contribution in [0.15, 0.2) is 42.5 Å². The Hall–Kier alpha value is -3.66. The molecule has 2 aromatic carbocycles. The molecule has 2 heterocycles. The van der Waals surface area contributed by atoms with E-state index in [-0.39, 0.29) is 30.5 Å². The highest BCUT2D eigenvalue weighted by molar-refractivity contribution is 5.89. The van der Waals surface area contributed by atoms with E-state index in [9.17, 15) is 9.59 Å². The van der Waals surface area contributed by atoms with Gasteiger partial charge in [0.15, 0.2) is 11.5 Å². The highest BCUT2D eigenvalue weighted by atomic mass is 16.5. The summed E-state index contributed by atoms with van der Waals surface area (Å²) >= 11 is 0. The van der Waals surface area contributed by atoms with E-state index < -0.39 is 6.04 Å². The topological polar surface area (TPSA) is 108 Å². The number of fused-ring (bicyclic) bond motifs is 1. The second-order valence-corrected chi connectivity index (χ2v) is 10.3. The summed E-state index contributed by atoms with van der Waals surface area (Å²) in [4.78, 5) is 29.8. The molecule has 2 aliphatic rings. The number of rotatable bonds is 10. The minimum atomic E-state index is -0.877.